The van der Waals surface area contributed by atoms with Gasteiger partial charge in [0, 0.05) is 24.8 Å². The maximum atomic E-state index is 13.1. The molecule has 1 saturated heterocycles. The molecule has 100 valence electrons. The first kappa shape index (κ1) is 13.3. The van der Waals surface area contributed by atoms with E-state index in [1.807, 2.05) is 6.92 Å². The zero-order valence-corrected chi connectivity index (χ0v) is 10.7. The molecule has 1 aliphatic heterocycles. The highest BCUT2D eigenvalue weighted by molar-refractivity contribution is 5.34. The van der Waals surface area contributed by atoms with Gasteiger partial charge in [0.25, 0.3) is 0 Å². The van der Waals surface area contributed by atoms with E-state index >= 15 is 0 Å². The zero-order chi connectivity index (χ0) is 13.0. The quantitative estimate of drug-likeness (QED) is 0.847. The Hall–Kier alpha value is -1.13. The summed E-state index contributed by atoms with van der Waals surface area (Å²) in [5, 5.41) is 13.0. The van der Waals surface area contributed by atoms with Crippen LogP contribution in [0.25, 0.3) is 0 Å². The molecule has 1 aromatic carbocycles. The molecule has 0 aromatic heterocycles. The summed E-state index contributed by atoms with van der Waals surface area (Å²) in [6.07, 6.45) is 2.18. The maximum absolute atomic E-state index is 13.1. The van der Waals surface area contributed by atoms with Crippen molar-refractivity contribution < 1.29 is 14.2 Å². The lowest BCUT2D eigenvalue weighted by Crippen LogP contribution is -2.22. The topological polar surface area (TPSA) is 41.5 Å². The van der Waals surface area contributed by atoms with Crippen LogP contribution in [0.2, 0.25) is 0 Å². The van der Waals surface area contributed by atoms with Crippen molar-refractivity contribution in [2.75, 3.05) is 19.8 Å². The molecule has 1 fully saturated rings. The van der Waals surface area contributed by atoms with Crippen LogP contribution in [0, 0.1) is 11.7 Å². The van der Waals surface area contributed by atoms with E-state index in [1.165, 1.54) is 18.2 Å². The summed E-state index contributed by atoms with van der Waals surface area (Å²) >= 11 is 0. The lowest BCUT2D eigenvalue weighted by molar-refractivity contribution is 0.184. The number of hydrogen-bond donors (Lipinski definition) is 2. The Morgan fingerprint density at radius 3 is 3.11 bits per heavy atom. The molecule has 2 N–H and O–H groups in total. The van der Waals surface area contributed by atoms with E-state index in [2.05, 4.69) is 5.32 Å². The van der Waals surface area contributed by atoms with Gasteiger partial charge in [-0.15, -0.1) is 0 Å². The molecule has 1 heterocycles. The summed E-state index contributed by atoms with van der Waals surface area (Å²) in [6.45, 7) is 4.50. The molecule has 1 aromatic rings. The van der Waals surface area contributed by atoms with Crippen LogP contribution >= 0.6 is 0 Å². The number of phenolic OH excluding ortho intramolecular Hbond substituents is 1. The van der Waals surface area contributed by atoms with Gasteiger partial charge in [0.2, 0.25) is 0 Å². The van der Waals surface area contributed by atoms with E-state index in [0.717, 1.165) is 32.6 Å². The first-order valence-electron chi connectivity index (χ1n) is 6.46. The summed E-state index contributed by atoms with van der Waals surface area (Å²) in [4.78, 5) is 0. The van der Waals surface area contributed by atoms with Gasteiger partial charge in [-0.3, -0.25) is 0 Å². The van der Waals surface area contributed by atoms with Crippen LogP contribution in [-0.2, 0) is 4.74 Å². The van der Waals surface area contributed by atoms with Gasteiger partial charge in [0.1, 0.15) is 11.6 Å². The lowest BCUT2D eigenvalue weighted by atomic mass is 10.0. The van der Waals surface area contributed by atoms with Crippen molar-refractivity contribution in [3.05, 3.63) is 29.6 Å². The molecule has 0 aliphatic carbocycles. The molecular formula is C14H20FNO2. The Morgan fingerprint density at radius 2 is 2.39 bits per heavy atom. The minimum Gasteiger partial charge on any atom is -0.508 e. The molecule has 2 atom stereocenters. The molecule has 3 nitrogen and oxygen atoms in total. The van der Waals surface area contributed by atoms with Gasteiger partial charge in [-0.05, 0) is 50.4 Å². The number of benzene rings is 1. The van der Waals surface area contributed by atoms with E-state index in [4.69, 9.17) is 4.74 Å². The van der Waals surface area contributed by atoms with Gasteiger partial charge in [-0.25, -0.2) is 4.39 Å². The van der Waals surface area contributed by atoms with E-state index < -0.39 is 0 Å². The minimum atomic E-state index is -0.319. The van der Waals surface area contributed by atoms with Gasteiger partial charge in [-0.2, -0.15) is 0 Å². The van der Waals surface area contributed by atoms with Gasteiger partial charge >= 0.3 is 0 Å². The third-order valence-corrected chi connectivity index (χ3v) is 3.48. The van der Waals surface area contributed by atoms with Crippen LogP contribution in [-0.4, -0.2) is 24.9 Å². The third kappa shape index (κ3) is 3.43. The van der Waals surface area contributed by atoms with Gasteiger partial charge in [-0.1, -0.05) is 0 Å². The van der Waals surface area contributed by atoms with Crippen LogP contribution in [0.3, 0.4) is 0 Å². The number of ether oxygens (including phenoxy) is 1. The van der Waals surface area contributed by atoms with Crippen LogP contribution in [0.5, 0.6) is 5.75 Å². The number of phenols is 1. The first-order valence-corrected chi connectivity index (χ1v) is 6.46. The maximum Gasteiger partial charge on any atom is 0.123 e. The molecule has 4 heteroatoms. The molecule has 0 amide bonds. The standard InChI is InChI=1S/C14H20FNO2/c1-10(13-8-12(15)2-3-14(13)17)16-6-4-11-5-7-18-9-11/h2-3,8,10-11,16-17H,4-7,9H2,1H3. The lowest BCUT2D eigenvalue weighted by Gasteiger charge is -2.17. The van der Waals surface area contributed by atoms with Crippen molar-refractivity contribution >= 4 is 0 Å². The van der Waals surface area contributed by atoms with Gasteiger partial charge in [0.05, 0.1) is 0 Å². The largest absolute Gasteiger partial charge is 0.508 e. The number of aromatic hydroxyl groups is 1. The fourth-order valence-corrected chi connectivity index (χ4v) is 2.30. The van der Waals surface area contributed by atoms with Crippen molar-refractivity contribution in [2.45, 2.75) is 25.8 Å². The predicted molar refractivity (Wildman–Crippen MR) is 68.0 cm³/mol. The van der Waals surface area contributed by atoms with Crippen molar-refractivity contribution in [1.29, 1.82) is 0 Å². The zero-order valence-electron chi connectivity index (χ0n) is 10.7. The summed E-state index contributed by atoms with van der Waals surface area (Å²) in [7, 11) is 0. The van der Waals surface area contributed by atoms with Crippen LogP contribution in [0.4, 0.5) is 4.39 Å². The summed E-state index contributed by atoms with van der Waals surface area (Å²) in [5.41, 5.74) is 0.609. The summed E-state index contributed by atoms with van der Waals surface area (Å²) < 4.78 is 18.4. The van der Waals surface area contributed by atoms with E-state index in [1.54, 1.807) is 0 Å². The second-order valence-electron chi connectivity index (χ2n) is 4.90. The van der Waals surface area contributed by atoms with Crippen LogP contribution < -0.4 is 5.32 Å². The second kappa shape index (κ2) is 6.16. The monoisotopic (exact) mass is 253 g/mol. The normalized spacial score (nSPS) is 21.1. The molecular weight excluding hydrogens is 233 g/mol. The molecule has 18 heavy (non-hydrogen) atoms. The molecule has 0 saturated carbocycles. The average Bonchev–Trinajstić information content (AvgIpc) is 2.85. The van der Waals surface area contributed by atoms with Crippen molar-refractivity contribution in [1.82, 2.24) is 5.32 Å². The molecule has 0 radical (unpaired) electrons. The number of rotatable bonds is 5. The third-order valence-electron chi connectivity index (χ3n) is 3.48. The Morgan fingerprint density at radius 1 is 1.56 bits per heavy atom. The fraction of sp³-hybridized carbons (Fsp3) is 0.571. The number of halogens is 1. The van der Waals surface area contributed by atoms with Gasteiger partial charge < -0.3 is 15.2 Å². The molecule has 0 bridgehead atoms. The highest BCUT2D eigenvalue weighted by Gasteiger charge is 2.16. The SMILES string of the molecule is CC(NCCC1CCOC1)c1cc(F)ccc1O. The Balaban J connectivity index is 1.83. The molecule has 2 unspecified atom stereocenters. The molecule has 1 aliphatic rings. The highest BCUT2D eigenvalue weighted by Crippen LogP contribution is 2.25. The van der Waals surface area contributed by atoms with E-state index in [9.17, 15) is 9.50 Å². The Labute approximate surface area is 107 Å². The average molecular weight is 253 g/mol. The van der Waals surface area contributed by atoms with Crippen molar-refractivity contribution in [2.24, 2.45) is 5.92 Å². The fourth-order valence-electron chi connectivity index (χ4n) is 2.30. The minimum absolute atomic E-state index is 0.0528. The Bertz CT molecular complexity index is 391. The first-order chi connectivity index (χ1) is 8.66. The summed E-state index contributed by atoms with van der Waals surface area (Å²) in [5.74, 6) is 0.451. The summed E-state index contributed by atoms with van der Waals surface area (Å²) in [6, 6.07) is 3.99. The second-order valence-corrected chi connectivity index (χ2v) is 4.90. The predicted octanol–water partition coefficient (Wildman–Crippen LogP) is 2.61. The van der Waals surface area contributed by atoms with E-state index in [-0.39, 0.29) is 17.6 Å². The molecule has 0 spiro atoms. The van der Waals surface area contributed by atoms with E-state index in [0.29, 0.717) is 11.5 Å². The van der Waals surface area contributed by atoms with Crippen LogP contribution in [0.1, 0.15) is 31.4 Å². The number of nitrogens with one attached hydrogen (secondary N) is 1. The highest BCUT2D eigenvalue weighted by atomic mass is 19.1. The molecule has 2 rings (SSSR count). The number of hydrogen-bond acceptors (Lipinski definition) is 3. The van der Waals surface area contributed by atoms with Crippen molar-refractivity contribution in [3.8, 4) is 5.75 Å². The van der Waals surface area contributed by atoms with Crippen molar-refractivity contribution in [3.63, 3.8) is 0 Å². The Kier molecular flexibility index (Phi) is 4.55. The van der Waals surface area contributed by atoms with Crippen LogP contribution in [0.15, 0.2) is 18.2 Å². The van der Waals surface area contributed by atoms with Gasteiger partial charge in [0.15, 0.2) is 0 Å². The smallest absolute Gasteiger partial charge is 0.123 e.